The third kappa shape index (κ3) is 4.05. The second-order valence-electron chi connectivity index (χ2n) is 6.73. The SMILES string of the molecule is O=C(OCc1cc(=O)n2c(n1)sc1ccccc12)c1csc(NCc2ccccc2)n1. The highest BCUT2D eigenvalue weighted by molar-refractivity contribution is 7.23. The summed E-state index contributed by atoms with van der Waals surface area (Å²) in [6.45, 7) is 0.523. The number of thiazole rings is 2. The van der Waals surface area contributed by atoms with Gasteiger partial charge in [0.2, 0.25) is 0 Å². The maximum atomic E-state index is 12.6. The van der Waals surface area contributed by atoms with Crippen LogP contribution in [-0.4, -0.2) is 20.3 Å². The van der Waals surface area contributed by atoms with Crippen molar-refractivity contribution in [1.29, 1.82) is 0 Å². The first kappa shape index (κ1) is 19.4. The summed E-state index contributed by atoms with van der Waals surface area (Å²) in [5, 5.41) is 5.48. The van der Waals surface area contributed by atoms with E-state index in [4.69, 9.17) is 4.74 Å². The topological polar surface area (TPSA) is 85.6 Å². The smallest absolute Gasteiger partial charge is 0.358 e. The van der Waals surface area contributed by atoms with Gasteiger partial charge >= 0.3 is 5.97 Å². The summed E-state index contributed by atoms with van der Waals surface area (Å²) >= 11 is 2.76. The van der Waals surface area contributed by atoms with Crippen LogP contribution in [0.15, 0.2) is 70.8 Å². The maximum absolute atomic E-state index is 12.6. The summed E-state index contributed by atoms with van der Waals surface area (Å²) < 4.78 is 7.88. The van der Waals surface area contributed by atoms with Crippen molar-refractivity contribution in [3.63, 3.8) is 0 Å². The zero-order chi connectivity index (χ0) is 21.2. The van der Waals surface area contributed by atoms with Gasteiger partial charge < -0.3 is 10.1 Å². The van der Waals surface area contributed by atoms with E-state index in [-0.39, 0.29) is 17.9 Å². The van der Waals surface area contributed by atoms with Crippen LogP contribution in [0.1, 0.15) is 21.7 Å². The van der Waals surface area contributed by atoms with Gasteiger partial charge in [-0.15, -0.1) is 11.3 Å². The fourth-order valence-corrected chi connectivity index (χ4v) is 4.86. The number of benzene rings is 2. The van der Waals surface area contributed by atoms with E-state index < -0.39 is 5.97 Å². The normalized spacial score (nSPS) is 11.1. The Morgan fingerprint density at radius 3 is 2.74 bits per heavy atom. The first-order valence-corrected chi connectivity index (χ1v) is 11.2. The van der Waals surface area contributed by atoms with Crippen LogP contribution in [0.5, 0.6) is 0 Å². The Labute approximate surface area is 184 Å². The summed E-state index contributed by atoms with van der Waals surface area (Å²) in [6.07, 6.45) is 0. The van der Waals surface area contributed by atoms with Gasteiger partial charge in [0.05, 0.1) is 15.9 Å². The van der Waals surface area contributed by atoms with E-state index in [1.165, 1.54) is 28.7 Å². The Morgan fingerprint density at radius 2 is 1.87 bits per heavy atom. The largest absolute Gasteiger partial charge is 0.454 e. The van der Waals surface area contributed by atoms with Crippen LogP contribution in [0, 0.1) is 0 Å². The molecule has 0 atom stereocenters. The molecule has 0 saturated heterocycles. The molecule has 5 aromatic rings. The van der Waals surface area contributed by atoms with Crippen LogP contribution in [0.25, 0.3) is 15.2 Å². The van der Waals surface area contributed by atoms with Gasteiger partial charge in [-0.25, -0.2) is 14.8 Å². The Morgan fingerprint density at radius 1 is 1.06 bits per heavy atom. The summed E-state index contributed by atoms with van der Waals surface area (Å²) in [7, 11) is 0. The first-order chi connectivity index (χ1) is 15.2. The maximum Gasteiger partial charge on any atom is 0.358 e. The van der Waals surface area contributed by atoms with Gasteiger partial charge in [0.1, 0.15) is 6.61 Å². The fraction of sp³-hybridized carbons (Fsp3) is 0.0909. The highest BCUT2D eigenvalue weighted by atomic mass is 32.1. The van der Waals surface area contributed by atoms with Crippen LogP contribution in [0.2, 0.25) is 0 Å². The third-order valence-corrected chi connectivity index (χ3v) is 6.42. The second kappa shape index (κ2) is 8.29. The Kier molecular flexibility index (Phi) is 5.19. The molecule has 3 heterocycles. The number of para-hydroxylation sites is 1. The molecule has 31 heavy (non-hydrogen) atoms. The minimum atomic E-state index is -0.553. The molecule has 9 heteroatoms. The van der Waals surface area contributed by atoms with Crippen molar-refractivity contribution in [1.82, 2.24) is 14.4 Å². The van der Waals surface area contributed by atoms with E-state index in [1.807, 2.05) is 54.6 Å². The molecule has 0 fully saturated rings. The van der Waals surface area contributed by atoms with Crippen LogP contribution in [0.3, 0.4) is 0 Å². The van der Waals surface area contributed by atoms with Gasteiger partial charge in [-0.2, -0.15) is 0 Å². The number of fused-ring (bicyclic) bond motifs is 3. The standard InChI is InChI=1S/C22H16N4O3S2/c27-19-10-15(24-22-26(19)17-8-4-5-9-18(17)31-22)12-29-20(28)16-13-30-21(25-16)23-11-14-6-2-1-3-7-14/h1-10,13H,11-12H2,(H,23,25). The monoisotopic (exact) mass is 448 g/mol. The summed E-state index contributed by atoms with van der Waals surface area (Å²) in [5.41, 5.74) is 2.37. The first-order valence-electron chi connectivity index (χ1n) is 9.48. The van der Waals surface area contributed by atoms with Gasteiger partial charge in [0.15, 0.2) is 15.8 Å². The van der Waals surface area contributed by atoms with Crippen molar-refractivity contribution >= 4 is 49.0 Å². The number of carbonyl (C=O) groups is 1. The van der Waals surface area contributed by atoms with Gasteiger partial charge in [-0.3, -0.25) is 9.20 Å². The minimum Gasteiger partial charge on any atom is -0.454 e. The third-order valence-electron chi connectivity index (χ3n) is 4.60. The second-order valence-corrected chi connectivity index (χ2v) is 8.59. The lowest BCUT2D eigenvalue weighted by Gasteiger charge is -2.03. The van der Waals surface area contributed by atoms with Crippen LogP contribution >= 0.6 is 22.7 Å². The molecular weight excluding hydrogens is 432 g/mol. The molecule has 154 valence electrons. The number of hydrogen-bond donors (Lipinski definition) is 1. The summed E-state index contributed by atoms with van der Waals surface area (Å²) in [6, 6.07) is 18.9. The van der Waals surface area contributed by atoms with E-state index >= 15 is 0 Å². The number of rotatable bonds is 6. The zero-order valence-corrected chi connectivity index (χ0v) is 17.8. The van der Waals surface area contributed by atoms with Gasteiger partial charge in [0.25, 0.3) is 5.56 Å². The number of esters is 1. The summed E-state index contributed by atoms with van der Waals surface area (Å²) in [4.78, 5) is 34.3. The molecule has 3 aromatic heterocycles. The quantitative estimate of drug-likeness (QED) is 0.389. The number of anilines is 1. The lowest BCUT2D eigenvalue weighted by molar-refractivity contribution is 0.0462. The molecule has 0 aliphatic heterocycles. The Balaban J connectivity index is 1.26. The molecule has 0 amide bonds. The van der Waals surface area contributed by atoms with Crippen LogP contribution < -0.4 is 10.9 Å². The molecule has 0 bridgehead atoms. The molecule has 5 rings (SSSR count). The Bertz CT molecular complexity index is 1440. The molecule has 0 aliphatic carbocycles. The molecule has 0 saturated carbocycles. The molecule has 0 spiro atoms. The zero-order valence-electron chi connectivity index (χ0n) is 16.1. The Hall–Kier alpha value is -3.56. The van der Waals surface area contributed by atoms with E-state index in [1.54, 1.807) is 9.78 Å². The number of aromatic nitrogens is 3. The van der Waals surface area contributed by atoms with Gasteiger partial charge in [-0.05, 0) is 17.7 Å². The number of carbonyl (C=O) groups excluding carboxylic acids is 1. The molecule has 1 N–H and O–H groups in total. The highest BCUT2D eigenvalue weighted by Crippen LogP contribution is 2.23. The molecule has 0 unspecified atom stereocenters. The van der Waals surface area contributed by atoms with Crippen molar-refractivity contribution in [3.8, 4) is 0 Å². The number of nitrogens with one attached hydrogen (secondary N) is 1. The molecule has 2 aromatic carbocycles. The van der Waals surface area contributed by atoms with Crippen molar-refractivity contribution in [2.24, 2.45) is 0 Å². The van der Waals surface area contributed by atoms with Crippen molar-refractivity contribution in [3.05, 3.63) is 93.3 Å². The van der Waals surface area contributed by atoms with E-state index in [9.17, 15) is 9.59 Å². The van der Waals surface area contributed by atoms with Crippen LogP contribution in [-0.2, 0) is 17.9 Å². The lowest BCUT2D eigenvalue weighted by Crippen LogP contribution is -2.15. The summed E-state index contributed by atoms with van der Waals surface area (Å²) in [5.74, 6) is -0.553. The minimum absolute atomic E-state index is 0.0941. The van der Waals surface area contributed by atoms with Crippen molar-refractivity contribution in [2.45, 2.75) is 13.2 Å². The lowest BCUT2D eigenvalue weighted by atomic mass is 10.2. The average Bonchev–Trinajstić information content (AvgIpc) is 3.41. The van der Waals surface area contributed by atoms with Crippen molar-refractivity contribution in [2.75, 3.05) is 5.32 Å². The number of hydrogen-bond acceptors (Lipinski definition) is 8. The molecule has 0 radical (unpaired) electrons. The van der Waals surface area contributed by atoms with Crippen LogP contribution in [0.4, 0.5) is 5.13 Å². The van der Waals surface area contributed by atoms with E-state index in [0.29, 0.717) is 22.3 Å². The van der Waals surface area contributed by atoms with Gasteiger partial charge in [-0.1, -0.05) is 53.8 Å². The highest BCUT2D eigenvalue weighted by Gasteiger charge is 2.14. The predicted molar refractivity (Wildman–Crippen MR) is 122 cm³/mol. The molecular formula is C22H16N4O3S2. The average molecular weight is 449 g/mol. The van der Waals surface area contributed by atoms with E-state index in [2.05, 4.69) is 15.3 Å². The number of ether oxygens (including phenoxy) is 1. The van der Waals surface area contributed by atoms with Crippen molar-refractivity contribution < 1.29 is 9.53 Å². The van der Waals surface area contributed by atoms with Gasteiger partial charge in [0, 0.05) is 18.0 Å². The molecule has 7 nitrogen and oxygen atoms in total. The predicted octanol–water partition coefficient (Wildman–Crippen LogP) is 4.33. The van der Waals surface area contributed by atoms with E-state index in [0.717, 1.165) is 15.8 Å². The number of nitrogens with zero attached hydrogens (tertiary/aromatic N) is 3. The molecule has 0 aliphatic rings. The fourth-order valence-electron chi connectivity index (χ4n) is 3.13.